The predicted octanol–water partition coefficient (Wildman–Crippen LogP) is 3.31. The van der Waals surface area contributed by atoms with E-state index in [1.54, 1.807) is 24.3 Å². The summed E-state index contributed by atoms with van der Waals surface area (Å²) in [6, 6.07) is 11.7. The number of carbonyl (C=O) groups is 1. The smallest absolute Gasteiger partial charge is 0.222 e. The maximum Gasteiger partial charge on any atom is 0.222 e. The molecule has 0 spiro atoms. The predicted molar refractivity (Wildman–Crippen MR) is 88.4 cm³/mol. The molecule has 2 N–H and O–H groups in total. The van der Waals surface area contributed by atoms with E-state index in [-0.39, 0.29) is 23.6 Å². The highest BCUT2D eigenvalue weighted by Crippen LogP contribution is 2.23. The molecule has 1 saturated heterocycles. The van der Waals surface area contributed by atoms with Gasteiger partial charge in [0, 0.05) is 12.5 Å². The van der Waals surface area contributed by atoms with Crippen molar-refractivity contribution in [1.29, 1.82) is 0 Å². The molecule has 0 aliphatic carbocycles. The SMILES string of the molecule is O=C(CC1CCCN1)NC(c1ccc(F)cc1)c1ccc(F)cc1. The number of hydrogen-bond acceptors (Lipinski definition) is 2. The highest BCUT2D eigenvalue weighted by atomic mass is 19.1. The van der Waals surface area contributed by atoms with Gasteiger partial charge in [0.05, 0.1) is 6.04 Å². The Morgan fingerprint density at radius 3 is 2.04 bits per heavy atom. The van der Waals surface area contributed by atoms with Crippen LogP contribution in [0.2, 0.25) is 0 Å². The number of carbonyl (C=O) groups excluding carboxylic acids is 1. The number of amides is 1. The average Bonchev–Trinajstić information content (AvgIpc) is 3.07. The number of halogens is 2. The zero-order chi connectivity index (χ0) is 16.9. The van der Waals surface area contributed by atoms with Crippen LogP contribution in [0, 0.1) is 11.6 Å². The minimum atomic E-state index is -0.430. The third-order valence-electron chi connectivity index (χ3n) is 4.31. The molecule has 1 heterocycles. The molecule has 1 unspecified atom stereocenters. The van der Waals surface area contributed by atoms with E-state index in [9.17, 15) is 13.6 Å². The Hall–Kier alpha value is -2.27. The Bertz CT molecular complexity index is 634. The first-order valence-electron chi connectivity index (χ1n) is 8.15. The molecule has 2 aromatic carbocycles. The van der Waals surface area contributed by atoms with E-state index in [4.69, 9.17) is 0 Å². The fourth-order valence-electron chi connectivity index (χ4n) is 3.04. The van der Waals surface area contributed by atoms with E-state index in [1.165, 1.54) is 24.3 Å². The minimum absolute atomic E-state index is 0.0759. The van der Waals surface area contributed by atoms with Crippen LogP contribution in [-0.2, 0) is 4.79 Å². The molecule has 3 nitrogen and oxygen atoms in total. The van der Waals surface area contributed by atoms with Gasteiger partial charge in [-0.1, -0.05) is 24.3 Å². The van der Waals surface area contributed by atoms with Crippen molar-refractivity contribution in [2.24, 2.45) is 0 Å². The minimum Gasteiger partial charge on any atom is -0.345 e. The van der Waals surface area contributed by atoms with Crippen LogP contribution in [0.3, 0.4) is 0 Å². The van der Waals surface area contributed by atoms with E-state index in [0.29, 0.717) is 6.42 Å². The lowest BCUT2D eigenvalue weighted by Crippen LogP contribution is -2.34. The molecule has 1 atom stereocenters. The van der Waals surface area contributed by atoms with Gasteiger partial charge < -0.3 is 10.6 Å². The lowest BCUT2D eigenvalue weighted by Gasteiger charge is -2.21. The summed E-state index contributed by atoms with van der Waals surface area (Å²) in [7, 11) is 0. The summed E-state index contributed by atoms with van der Waals surface area (Å²) < 4.78 is 26.4. The molecule has 126 valence electrons. The number of benzene rings is 2. The fourth-order valence-corrected chi connectivity index (χ4v) is 3.04. The van der Waals surface area contributed by atoms with E-state index in [0.717, 1.165) is 30.5 Å². The van der Waals surface area contributed by atoms with Crippen LogP contribution >= 0.6 is 0 Å². The average molecular weight is 330 g/mol. The van der Waals surface area contributed by atoms with Crippen molar-refractivity contribution in [3.05, 3.63) is 71.3 Å². The molecule has 24 heavy (non-hydrogen) atoms. The van der Waals surface area contributed by atoms with Gasteiger partial charge in [0.15, 0.2) is 0 Å². The molecule has 1 fully saturated rings. The molecule has 0 bridgehead atoms. The third kappa shape index (κ3) is 4.17. The zero-order valence-electron chi connectivity index (χ0n) is 13.3. The number of hydrogen-bond donors (Lipinski definition) is 2. The molecule has 1 aliphatic heterocycles. The molecule has 5 heteroatoms. The van der Waals surface area contributed by atoms with Gasteiger partial charge in [0.25, 0.3) is 0 Å². The zero-order valence-corrected chi connectivity index (χ0v) is 13.3. The van der Waals surface area contributed by atoms with Crippen molar-refractivity contribution in [3.63, 3.8) is 0 Å². The Morgan fingerprint density at radius 2 is 1.58 bits per heavy atom. The summed E-state index contributed by atoms with van der Waals surface area (Å²) in [6.07, 6.45) is 2.47. The van der Waals surface area contributed by atoms with Crippen molar-refractivity contribution < 1.29 is 13.6 Å². The molecule has 2 aromatic rings. The largest absolute Gasteiger partial charge is 0.345 e. The maximum atomic E-state index is 13.2. The first-order chi connectivity index (χ1) is 11.6. The monoisotopic (exact) mass is 330 g/mol. The van der Waals surface area contributed by atoms with Crippen LogP contribution in [0.15, 0.2) is 48.5 Å². The van der Waals surface area contributed by atoms with Gasteiger partial charge in [0.1, 0.15) is 11.6 Å². The highest BCUT2D eigenvalue weighted by Gasteiger charge is 2.21. The van der Waals surface area contributed by atoms with Crippen LogP contribution < -0.4 is 10.6 Å². The second-order valence-electron chi connectivity index (χ2n) is 6.10. The van der Waals surface area contributed by atoms with Crippen LogP contribution in [0.4, 0.5) is 8.78 Å². The molecule has 0 radical (unpaired) electrons. The van der Waals surface area contributed by atoms with Gasteiger partial charge in [-0.2, -0.15) is 0 Å². The van der Waals surface area contributed by atoms with Crippen LogP contribution in [0.5, 0.6) is 0 Å². The van der Waals surface area contributed by atoms with Crippen LogP contribution in [-0.4, -0.2) is 18.5 Å². The van der Waals surface area contributed by atoms with Gasteiger partial charge in [-0.15, -0.1) is 0 Å². The normalized spacial score (nSPS) is 17.2. The Balaban J connectivity index is 1.79. The summed E-state index contributed by atoms with van der Waals surface area (Å²) in [4.78, 5) is 12.4. The van der Waals surface area contributed by atoms with E-state index >= 15 is 0 Å². The Labute approximate surface area is 140 Å². The van der Waals surface area contributed by atoms with Crippen molar-refractivity contribution in [3.8, 4) is 0 Å². The van der Waals surface area contributed by atoms with Gasteiger partial charge in [0.2, 0.25) is 5.91 Å². The van der Waals surface area contributed by atoms with Crippen LogP contribution in [0.25, 0.3) is 0 Å². The van der Waals surface area contributed by atoms with Crippen molar-refractivity contribution in [2.75, 3.05) is 6.54 Å². The topological polar surface area (TPSA) is 41.1 Å². The summed E-state index contributed by atoms with van der Waals surface area (Å²) in [5.74, 6) is -0.746. The standard InChI is InChI=1S/C19H20F2N2O/c20-15-7-3-13(4-8-15)19(14-5-9-16(21)10-6-14)23-18(24)12-17-2-1-11-22-17/h3-10,17,19,22H,1-2,11-12H2,(H,23,24). The Kier molecular flexibility index (Phi) is 5.20. The summed E-state index contributed by atoms with van der Waals surface area (Å²) in [5, 5.41) is 6.29. The summed E-state index contributed by atoms with van der Waals surface area (Å²) >= 11 is 0. The second-order valence-corrected chi connectivity index (χ2v) is 6.10. The van der Waals surface area contributed by atoms with E-state index in [2.05, 4.69) is 10.6 Å². The maximum absolute atomic E-state index is 13.2. The van der Waals surface area contributed by atoms with Gasteiger partial charge in [-0.25, -0.2) is 8.78 Å². The molecule has 1 amide bonds. The molecule has 0 saturated carbocycles. The molecule has 1 aliphatic rings. The van der Waals surface area contributed by atoms with Crippen molar-refractivity contribution in [1.82, 2.24) is 10.6 Å². The number of rotatable bonds is 5. The quantitative estimate of drug-likeness (QED) is 0.883. The fraction of sp³-hybridized carbons (Fsp3) is 0.316. The van der Waals surface area contributed by atoms with Crippen molar-refractivity contribution >= 4 is 5.91 Å². The molecule has 0 aromatic heterocycles. The third-order valence-corrected chi connectivity index (χ3v) is 4.31. The lowest BCUT2D eigenvalue weighted by molar-refractivity contribution is -0.122. The highest BCUT2D eigenvalue weighted by molar-refractivity contribution is 5.77. The van der Waals surface area contributed by atoms with E-state index in [1.807, 2.05) is 0 Å². The van der Waals surface area contributed by atoms with Gasteiger partial charge in [-0.05, 0) is 54.8 Å². The first kappa shape index (κ1) is 16.6. The van der Waals surface area contributed by atoms with E-state index < -0.39 is 6.04 Å². The molecular weight excluding hydrogens is 310 g/mol. The second kappa shape index (κ2) is 7.53. The number of nitrogens with one attached hydrogen (secondary N) is 2. The summed E-state index contributed by atoms with van der Waals surface area (Å²) in [6.45, 7) is 0.942. The van der Waals surface area contributed by atoms with Crippen LogP contribution in [0.1, 0.15) is 36.4 Å². The molecular formula is C19H20F2N2O. The van der Waals surface area contributed by atoms with Gasteiger partial charge >= 0.3 is 0 Å². The summed E-state index contributed by atoms with van der Waals surface area (Å²) in [5.41, 5.74) is 1.52. The first-order valence-corrected chi connectivity index (χ1v) is 8.15. The molecule has 3 rings (SSSR count). The van der Waals surface area contributed by atoms with Crippen molar-refractivity contribution in [2.45, 2.75) is 31.3 Å². The lowest BCUT2D eigenvalue weighted by atomic mass is 9.98. The van der Waals surface area contributed by atoms with Gasteiger partial charge in [-0.3, -0.25) is 4.79 Å². The Morgan fingerprint density at radius 1 is 1.04 bits per heavy atom.